The number of ether oxygens (including phenoxy) is 1. The number of amidine groups is 1. The third kappa shape index (κ3) is 6.76. The molecule has 8 heteroatoms. The number of halogens is 3. The first-order chi connectivity index (χ1) is 14.4. The number of nitrogens with one attached hydrogen (secondary N) is 1. The maximum Gasteiger partial charge on any atom is 0.129 e. The van der Waals surface area contributed by atoms with E-state index in [0.717, 1.165) is 49.6 Å². The highest BCUT2D eigenvalue weighted by molar-refractivity contribution is 6.34. The molecule has 5 nitrogen and oxygen atoms in total. The zero-order valence-electron chi connectivity index (χ0n) is 17.6. The van der Waals surface area contributed by atoms with E-state index in [-0.39, 0.29) is 0 Å². The first-order valence-electron chi connectivity index (χ1n) is 9.78. The Morgan fingerprint density at radius 2 is 1.47 bits per heavy atom. The predicted octanol–water partition coefficient (Wildman–Crippen LogP) is 5.60. The van der Waals surface area contributed by atoms with Gasteiger partial charge in [-0.25, -0.2) is 0 Å². The van der Waals surface area contributed by atoms with Gasteiger partial charge in [0.05, 0.1) is 28.8 Å². The Balaban J connectivity index is 0.00000101. The van der Waals surface area contributed by atoms with Crippen LogP contribution in [-0.2, 0) is 3.84 Å². The van der Waals surface area contributed by atoms with Crippen LogP contribution in [0.2, 0.25) is 5.02 Å². The van der Waals surface area contributed by atoms with E-state index in [0.29, 0.717) is 17.5 Å². The van der Waals surface area contributed by atoms with Crippen LogP contribution in [0.15, 0.2) is 36.4 Å². The number of aryl methyl sites for hydroxylation is 3. The summed E-state index contributed by atoms with van der Waals surface area (Å²) in [5, 5.41) is 9.22. The van der Waals surface area contributed by atoms with Crippen molar-refractivity contribution in [1.29, 1.82) is 5.41 Å². The Kier molecular flexibility index (Phi) is 10.2. The second kappa shape index (κ2) is 12.4. The third-order valence-corrected chi connectivity index (χ3v) is 5.52. The number of piperazine rings is 1. The molecule has 0 aliphatic carbocycles. The topological polar surface area (TPSA) is 48.8 Å². The second-order valence-electron chi connectivity index (χ2n) is 7.24. The predicted molar refractivity (Wildman–Crippen MR) is 125 cm³/mol. The van der Waals surface area contributed by atoms with Gasteiger partial charge in [0, 0.05) is 38.3 Å². The molecule has 30 heavy (non-hydrogen) atoms. The van der Waals surface area contributed by atoms with Gasteiger partial charge in [-0.2, -0.15) is 3.84 Å². The van der Waals surface area contributed by atoms with Crippen molar-refractivity contribution in [3.05, 3.63) is 63.7 Å². The quantitative estimate of drug-likeness (QED) is 0.455. The number of para-hydroxylation sites is 1. The van der Waals surface area contributed by atoms with E-state index < -0.39 is 0 Å². The van der Waals surface area contributed by atoms with Crippen LogP contribution in [0.25, 0.3) is 0 Å². The van der Waals surface area contributed by atoms with Gasteiger partial charge in [-0.3, -0.25) is 10.3 Å². The van der Waals surface area contributed by atoms with Crippen LogP contribution in [0.3, 0.4) is 0 Å². The smallest absolute Gasteiger partial charge is 0.129 e. The van der Waals surface area contributed by atoms with Gasteiger partial charge >= 0.3 is 0 Å². The molecule has 3 rings (SSSR count). The summed E-state index contributed by atoms with van der Waals surface area (Å²) in [6, 6.07) is 12.0. The molecule has 0 bridgehead atoms. The fourth-order valence-corrected chi connectivity index (χ4v) is 3.90. The normalized spacial score (nSPS) is 14.1. The Morgan fingerprint density at radius 1 is 0.933 bits per heavy atom. The van der Waals surface area contributed by atoms with Crippen molar-refractivity contribution in [3.63, 3.8) is 0 Å². The molecule has 0 spiro atoms. The monoisotopic (exact) mass is 471 g/mol. The van der Waals surface area contributed by atoms with Gasteiger partial charge in [-0.15, -0.1) is 0 Å². The van der Waals surface area contributed by atoms with Crippen LogP contribution < -0.4 is 4.74 Å². The molecule has 1 saturated heterocycles. The minimum Gasteiger partial charge on any atom is -0.492 e. The van der Waals surface area contributed by atoms with E-state index in [1.165, 1.54) is 11.1 Å². The average molecular weight is 473 g/mol. The SMILES string of the molecule is Cc1cccc(C)c1OCCN1CCN(C(=N)c2c(C)cccc2Cl)CC1.ClOCl. The third-order valence-electron chi connectivity index (χ3n) is 5.21. The maximum atomic E-state index is 8.57. The first kappa shape index (κ1) is 24.8. The Bertz CT molecular complexity index is 800. The average Bonchev–Trinajstić information content (AvgIpc) is 2.71. The minimum atomic E-state index is 0.532. The Labute approximate surface area is 194 Å². The molecular weight excluding hydrogens is 445 g/mol. The highest BCUT2D eigenvalue weighted by atomic mass is 35.6. The molecule has 1 aliphatic rings. The van der Waals surface area contributed by atoms with E-state index in [1.807, 2.05) is 25.1 Å². The van der Waals surface area contributed by atoms with Crippen LogP contribution >= 0.6 is 35.3 Å². The number of rotatable bonds is 5. The van der Waals surface area contributed by atoms with Crippen LogP contribution in [-0.4, -0.2) is 55.0 Å². The molecule has 2 aromatic carbocycles. The van der Waals surface area contributed by atoms with E-state index >= 15 is 0 Å². The van der Waals surface area contributed by atoms with Gasteiger partial charge < -0.3 is 9.64 Å². The molecule has 0 aromatic heterocycles. The van der Waals surface area contributed by atoms with Crippen molar-refractivity contribution in [1.82, 2.24) is 9.80 Å². The van der Waals surface area contributed by atoms with Gasteiger partial charge in [0.2, 0.25) is 0 Å². The van der Waals surface area contributed by atoms with E-state index in [1.54, 1.807) is 0 Å². The highest BCUT2D eigenvalue weighted by Crippen LogP contribution is 2.23. The lowest BCUT2D eigenvalue weighted by Gasteiger charge is -2.36. The summed E-state index contributed by atoms with van der Waals surface area (Å²) in [5.41, 5.74) is 4.27. The number of nitrogens with zero attached hydrogens (tertiary/aromatic N) is 2. The minimum absolute atomic E-state index is 0.532. The lowest BCUT2D eigenvalue weighted by Crippen LogP contribution is -2.49. The van der Waals surface area contributed by atoms with E-state index in [9.17, 15) is 0 Å². The van der Waals surface area contributed by atoms with Crippen LogP contribution in [0.4, 0.5) is 0 Å². The summed E-state index contributed by atoms with van der Waals surface area (Å²) < 4.78 is 9.22. The molecule has 2 aromatic rings. The van der Waals surface area contributed by atoms with Gasteiger partial charge in [-0.05, 0) is 43.5 Å². The Morgan fingerprint density at radius 3 is 2.03 bits per heavy atom. The molecule has 0 atom stereocenters. The molecule has 1 fully saturated rings. The number of hydrogen-bond acceptors (Lipinski definition) is 4. The van der Waals surface area contributed by atoms with Crippen LogP contribution in [0.5, 0.6) is 5.75 Å². The molecule has 0 saturated carbocycles. The van der Waals surface area contributed by atoms with Crippen molar-refractivity contribution in [3.8, 4) is 5.75 Å². The standard InChI is InChI=1S/C22H28ClN3O.Cl2O/c1-16-6-5-9-19(23)20(16)22(24)26-12-10-25(11-13-26)14-15-27-21-17(2)7-4-8-18(21)3;1-3-2/h4-9,24H,10-15H2,1-3H3;. The van der Waals surface area contributed by atoms with Crippen LogP contribution in [0, 0.1) is 26.2 Å². The zero-order chi connectivity index (χ0) is 22.1. The fourth-order valence-electron chi connectivity index (χ4n) is 3.59. The van der Waals surface area contributed by atoms with Gasteiger partial charge in [0.25, 0.3) is 0 Å². The summed E-state index contributed by atoms with van der Waals surface area (Å²) in [6.07, 6.45) is 0. The van der Waals surface area contributed by atoms with Crippen molar-refractivity contribution in [2.24, 2.45) is 0 Å². The van der Waals surface area contributed by atoms with Crippen LogP contribution in [0.1, 0.15) is 22.3 Å². The van der Waals surface area contributed by atoms with Crippen molar-refractivity contribution in [2.45, 2.75) is 20.8 Å². The van der Waals surface area contributed by atoms with Gasteiger partial charge in [0.15, 0.2) is 0 Å². The molecule has 0 radical (unpaired) electrons. The molecule has 164 valence electrons. The molecule has 1 aliphatic heterocycles. The van der Waals surface area contributed by atoms with Gasteiger partial charge in [-0.1, -0.05) is 41.9 Å². The summed E-state index contributed by atoms with van der Waals surface area (Å²) in [6.45, 7) is 11.3. The first-order valence-corrected chi connectivity index (χ1v) is 10.8. The largest absolute Gasteiger partial charge is 0.492 e. The zero-order valence-corrected chi connectivity index (χ0v) is 19.8. The maximum absolute atomic E-state index is 8.57. The summed E-state index contributed by atoms with van der Waals surface area (Å²) in [4.78, 5) is 4.52. The molecule has 0 amide bonds. The molecule has 0 unspecified atom stereocenters. The highest BCUT2D eigenvalue weighted by Gasteiger charge is 2.22. The van der Waals surface area contributed by atoms with E-state index in [2.05, 4.69) is 69.4 Å². The lowest BCUT2D eigenvalue weighted by atomic mass is 10.1. The molecular formula is C22H28Cl3N3O2. The summed E-state index contributed by atoms with van der Waals surface area (Å²) in [5.74, 6) is 1.54. The van der Waals surface area contributed by atoms with Crippen molar-refractivity contribution < 1.29 is 8.58 Å². The van der Waals surface area contributed by atoms with E-state index in [4.69, 9.17) is 21.7 Å². The second-order valence-corrected chi connectivity index (χ2v) is 8.11. The molecule has 1 N–H and O–H groups in total. The van der Waals surface area contributed by atoms with Crippen molar-refractivity contribution in [2.75, 3.05) is 39.3 Å². The summed E-state index contributed by atoms with van der Waals surface area (Å²) in [7, 11) is 0. The molecule has 1 heterocycles. The van der Waals surface area contributed by atoms with Crippen molar-refractivity contribution >= 4 is 41.2 Å². The fraction of sp³-hybridized carbons (Fsp3) is 0.409. The number of hydrogen-bond donors (Lipinski definition) is 1. The number of benzene rings is 2. The lowest BCUT2D eigenvalue weighted by molar-refractivity contribution is 0.153. The Hall–Kier alpha value is -1.50. The summed E-state index contributed by atoms with van der Waals surface area (Å²) >= 11 is 14.9. The van der Waals surface area contributed by atoms with Gasteiger partial charge in [0.1, 0.15) is 18.2 Å².